The highest BCUT2D eigenvalue weighted by molar-refractivity contribution is 6.29. The van der Waals surface area contributed by atoms with Crippen molar-refractivity contribution in [2.24, 2.45) is 0 Å². The van der Waals surface area contributed by atoms with E-state index in [0.29, 0.717) is 11.2 Å². The SMILES string of the molecule is FC(F)(F)c1cccc(-c2nnc3cc(Cl)ncn23)c1. The van der Waals surface area contributed by atoms with E-state index in [-0.39, 0.29) is 11.0 Å². The third kappa shape index (κ3) is 2.20. The summed E-state index contributed by atoms with van der Waals surface area (Å²) in [7, 11) is 0. The molecule has 0 bridgehead atoms. The lowest BCUT2D eigenvalue weighted by molar-refractivity contribution is -0.137. The van der Waals surface area contributed by atoms with Crippen LogP contribution in [0.25, 0.3) is 17.0 Å². The maximum Gasteiger partial charge on any atom is 0.416 e. The standard InChI is InChI=1S/C12H6ClF3N4/c13-9-5-10-18-19-11(20(10)6-17-9)7-2-1-3-8(4-7)12(14,15)16/h1-6H. The lowest BCUT2D eigenvalue weighted by Gasteiger charge is -2.07. The highest BCUT2D eigenvalue weighted by atomic mass is 35.5. The van der Waals surface area contributed by atoms with E-state index in [1.54, 1.807) is 0 Å². The Morgan fingerprint density at radius 1 is 1.10 bits per heavy atom. The fraction of sp³-hybridized carbons (Fsp3) is 0.0833. The summed E-state index contributed by atoms with van der Waals surface area (Å²) in [4.78, 5) is 3.86. The number of benzene rings is 1. The summed E-state index contributed by atoms with van der Waals surface area (Å²) in [5, 5.41) is 7.97. The molecule has 2 aromatic heterocycles. The zero-order valence-electron chi connectivity index (χ0n) is 9.76. The predicted octanol–water partition coefficient (Wildman–Crippen LogP) is 3.46. The quantitative estimate of drug-likeness (QED) is 0.646. The number of hydrogen-bond donors (Lipinski definition) is 0. The first kappa shape index (κ1) is 12.9. The van der Waals surface area contributed by atoms with Crippen molar-refractivity contribution in [1.82, 2.24) is 19.6 Å². The number of aromatic nitrogens is 4. The Kier molecular flexibility index (Phi) is 2.86. The molecular weight excluding hydrogens is 293 g/mol. The average Bonchev–Trinajstić information content (AvgIpc) is 2.80. The van der Waals surface area contributed by atoms with Crippen LogP contribution in [0.3, 0.4) is 0 Å². The molecule has 0 fully saturated rings. The van der Waals surface area contributed by atoms with Crippen LogP contribution in [0.15, 0.2) is 36.7 Å². The highest BCUT2D eigenvalue weighted by Gasteiger charge is 2.30. The molecule has 0 aliphatic rings. The van der Waals surface area contributed by atoms with Crippen molar-refractivity contribution in [3.05, 3.63) is 47.4 Å². The Balaban J connectivity index is 2.16. The van der Waals surface area contributed by atoms with Crippen LogP contribution in [0, 0.1) is 0 Å². The van der Waals surface area contributed by atoms with Gasteiger partial charge in [-0.15, -0.1) is 10.2 Å². The van der Waals surface area contributed by atoms with Crippen LogP contribution >= 0.6 is 11.6 Å². The van der Waals surface area contributed by atoms with Crippen LogP contribution in [-0.2, 0) is 6.18 Å². The van der Waals surface area contributed by atoms with Gasteiger partial charge in [0.05, 0.1) is 5.56 Å². The monoisotopic (exact) mass is 298 g/mol. The van der Waals surface area contributed by atoms with Crippen molar-refractivity contribution in [2.45, 2.75) is 6.18 Å². The number of hydrogen-bond acceptors (Lipinski definition) is 3. The van der Waals surface area contributed by atoms with Gasteiger partial charge in [0, 0.05) is 11.6 Å². The number of alkyl halides is 3. The van der Waals surface area contributed by atoms with Gasteiger partial charge in [0.1, 0.15) is 11.5 Å². The normalized spacial score (nSPS) is 12.0. The number of rotatable bonds is 1. The zero-order valence-corrected chi connectivity index (χ0v) is 10.5. The van der Waals surface area contributed by atoms with Crippen molar-refractivity contribution in [2.75, 3.05) is 0 Å². The van der Waals surface area contributed by atoms with Crippen LogP contribution in [0.5, 0.6) is 0 Å². The van der Waals surface area contributed by atoms with Crippen LogP contribution in [-0.4, -0.2) is 19.6 Å². The first-order valence-corrected chi connectivity index (χ1v) is 5.87. The molecule has 0 saturated heterocycles. The van der Waals surface area contributed by atoms with Crippen molar-refractivity contribution in [1.29, 1.82) is 0 Å². The molecule has 4 nitrogen and oxygen atoms in total. The van der Waals surface area contributed by atoms with Crippen molar-refractivity contribution >= 4 is 17.2 Å². The van der Waals surface area contributed by atoms with E-state index in [4.69, 9.17) is 11.6 Å². The Morgan fingerprint density at radius 2 is 1.90 bits per heavy atom. The highest BCUT2D eigenvalue weighted by Crippen LogP contribution is 2.31. The molecule has 0 unspecified atom stereocenters. The predicted molar refractivity (Wildman–Crippen MR) is 66.2 cm³/mol. The minimum absolute atomic E-state index is 0.237. The molecule has 20 heavy (non-hydrogen) atoms. The lowest BCUT2D eigenvalue weighted by Crippen LogP contribution is -2.04. The minimum Gasteiger partial charge on any atom is -0.265 e. The van der Waals surface area contributed by atoms with Crippen molar-refractivity contribution in [3.63, 3.8) is 0 Å². The molecule has 0 atom stereocenters. The van der Waals surface area contributed by atoms with Gasteiger partial charge in [0.25, 0.3) is 0 Å². The summed E-state index contributed by atoms with van der Waals surface area (Å²) in [6.07, 6.45) is -3.04. The number of halogens is 4. The fourth-order valence-electron chi connectivity index (χ4n) is 1.80. The Hall–Kier alpha value is -2.15. The molecule has 0 amide bonds. The maximum absolute atomic E-state index is 12.7. The average molecular weight is 299 g/mol. The van der Waals surface area contributed by atoms with Gasteiger partial charge in [0.15, 0.2) is 11.5 Å². The molecule has 1 aromatic carbocycles. The molecular formula is C12H6ClF3N4. The van der Waals surface area contributed by atoms with E-state index in [1.807, 2.05) is 0 Å². The second kappa shape index (κ2) is 4.45. The summed E-state index contributed by atoms with van der Waals surface area (Å²) in [5.74, 6) is 0.273. The topological polar surface area (TPSA) is 43.1 Å². The third-order valence-electron chi connectivity index (χ3n) is 2.72. The van der Waals surface area contributed by atoms with E-state index < -0.39 is 11.7 Å². The van der Waals surface area contributed by atoms with Crippen molar-refractivity contribution < 1.29 is 13.2 Å². The molecule has 2 heterocycles. The molecule has 8 heteroatoms. The van der Waals surface area contributed by atoms with Crippen LogP contribution in [0.4, 0.5) is 13.2 Å². The van der Waals surface area contributed by atoms with Gasteiger partial charge >= 0.3 is 6.18 Å². The van der Waals surface area contributed by atoms with E-state index in [1.165, 1.54) is 28.9 Å². The molecule has 0 saturated carbocycles. The Morgan fingerprint density at radius 3 is 2.65 bits per heavy atom. The van der Waals surface area contributed by atoms with E-state index >= 15 is 0 Å². The molecule has 0 spiro atoms. The van der Waals surface area contributed by atoms with Gasteiger partial charge in [0.2, 0.25) is 0 Å². The van der Waals surface area contributed by atoms with E-state index in [0.717, 1.165) is 12.1 Å². The van der Waals surface area contributed by atoms with Gasteiger partial charge < -0.3 is 0 Å². The second-order valence-electron chi connectivity index (χ2n) is 4.04. The summed E-state index contributed by atoms with van der Waals surface area (Å²) < 4.78 is 39.6. The molecule has 0 aliphatic carbocycles. The fourth-order valence-corrected chi connectivity index (χ4v) is 1.95. The van der Waals surface area contributed by atoms with Gasteiger partial charge in [-0.3, -0.25) is 4.40 Å². The second-order valence-corrected chi connectivity index (χ2v) is 4.43. The first-order chi connectivity index (χ1) is 9.45. The minimum atomic E-state index is -4.40. The van der Waals surface area contributed by atoms with Crippen LogP contribution < -0.4 is 0 Å². The van der Waals surface area contributed by atoms with Crippen LogP contribution in [0.2, 0.25) is 5.15 Å². The smallest absolute Gasteiger partial charge is 0.265 e. The van der Waals surface area contributed by atoms with E-state index in [9.17, 15) is 13.2 Å². The number of fused-ring (bicyclic) bond motifs is 1. The Bertz CT molecular complexity index is 782. The summed E-state index contributed by atoms with van der Waals surface area (Å²) >= 11 is 5.72. The Labute approximate surface area is 115 Å². The summed E-state index contributed by atoms with van der Waals surface area (Å²) in [6.45, 7) is 0. The lowest BCUT2D eigenvalue weighted by atomic mass is 10.1. The van der Waals surface area contributed by atoms with Gasteiger partial charge in [-0.1, -0.05) is 23.7 Å². The first-order valence-electron chi connectivity index (χ1n) is 5.49. The molecule has 0 radical (unpaired) electrons. The zero-order chi connectivity index (χ0) is 14.3. The molecule has 0 N–H and O–H groups in total. The maximum atomic E-state index is 12.7. The van der Waals surface area contributed by atoms with Crippen molar-refractivity contribution in [3.8, 4) is 11.4 Å². The van der Waals surface area contributed by atoms with Gasteiger partial charge in [-0.2, -0.15) is 13.2 Å². The molecule has 3 aromatic rings. The van der Waals surface area contributed by atoms with Crippen LogP contribution in [0.1, 0.15) is 5.56 Å². The van der Waals surface area contributed by atoms with E-state index in [2.05, 4.69) is 15.2 Å². The van der Waals surface area contributed by atoms with Gasteiger partial charge in [-0.05, 0) is 12.1 Å². The largest absolute Gasteiger partial charge is 0.416 e. The molecule has 102 valence electrons. The molecule has 3 rings (SSSR count). The van der Waals surface area contributed by atoms with Gasteiger partial charge in [-0.25, -0.2) is 4.98 Å². The number of nitrogens with zero attached hydrogens (tertiary/aromatic N) is 4. The summed E-state index contributed by atoms with van der Waals surface area (Å²) in [6, 6.07) is 6.35. The molecule has 0 aliphatic heterocycles. The summed E-state index contributed by atoms with van der Waals surface area (Å²) in [5.41, 5.74) is -0.0254. The third-order valence-corrected chi connectivity index (χ3v) is 2.92.